The minimum Gasteiger partial charge on any atom is -0.399 e. The topological polar surface area (TPSA) is 85.8 Å². The minimum atomic E-state index is -0.359. The number of halogens is 1. The summed E-state index contributed by atoms with van der Waals surface area (Å²) in [5.74, 6) is 0.114. The van der Waals surface area contributed by atoms with E-state index in [0.29, 0.717) is 29.3 Å². The van der Waals surface area contributed by atoms with Crippen LogP contribution in [0.5, 0.6) is 0 Å². The van der Waals surface area contributed by atoms with Crippen LogP contribution in [-0.2, 0) is 13.5 Å². The largest absolute Gasteiger partial charge is 0.399 e. The third kappa shape index (κ3) is 4.67. The second-order valence-corrected chi connectivity index (χ2v) is 7.54. The zero-order valence-electron chi connectivity index (χ0n) is 17.8. The van der Waals surface area contributed by atoms with E-state index < -0.39 is 0 Å². The van der Waals surface area contributed by atoms with Crippen LogP contribution in [-0.4, -0.2) is 21.1 Å². The van der Waals surface area contributed by atoms with Gasteiger partial charge in [-0.15, -0.1) is 0 Å². The third-order valence-electron chi connectivity index (χ3n) is 5.25. The van der Waals surface area contributed by atoms with Crippen LogP contribution < -0.4 is 16.6 Å². The maximum absolute atomic E-state index is 13.5. The van der Waals surface area contributed by atoms with Crippen LogP contribution in [0, 0.1) is 5.82 Å². The molecule has 7 heteroatoms. The van der Waals surface area contributed by atoms with E-state index in [9.17, 15) is 9.18 Å². The van der Waals surface area contributed by atoms with Gasteiger partial charge in [0.25, 0.3) is 5.56 Å². The number of nitrogens with one attached hydrogen (secondary N) is 1. The lowest BCUT2D eigenvalue weighted by atomic mass is 10.0. The second-order valence-electron chi connectivity index (χ2n) is 7.54. The fraction of sp³-hybridized carbons (Fsp3) is 0.160. The number of nitrogens with zero attached hydrogens (tertiary/aromatic N) is 3. The standard InChI is InChI=1S/C25H24FN5O/c1-31-24(32)22(18-7-9-20(26)10-8-18)23(19-11-14-28-15-12-19)30-25(31)29-13-3-5-17-4-2-6-21(27)16-17/h2,4,6-12,14-16H,3,5,13,27H2,1H3,(H,29,30). The molecule has 32 heavy (non-hydrogen) atoms. The Bertz CT molecular complexity index is 1270. The maximum Gasteiger partial charge on any atom is 0.263 e. The van der Waals surface area contributed by atoms with Crippen molar-refractivity contribution >= 4 is 11.6 Å². The van der Waals surface area contributed by atoms with Crippen LogP contribution in [0.1, 0.15) is 12.0 Å². The average molecular weight is 429 g/mol. The van der Waals surface area contributed by atoms with Gasteiger partial charge in [-0.1, -0.05) is 24.3 Å². The van der Waals surface area contributed by atoms with E-state index in [2.05, 4.69) is 10.3 Å². The van der Waals surface area contributed by atoms with Crippen LogP contribution in [0.3, 0.4) is 0 Å². The lowest BCUT2D eigenvalue weighted by Crippen LogP contribution is -2.25. The molecule has 0 amide bonds. The highest BCUT2D eigenvalue weighted by Crippen LogP contribution is 2.28. The number of hydrogen-bond donors (Lipinski definition) is 2. The summed E-state index contributed by atoms with van der Waals surface area (Å²) in [4.78, 5) is 22.1. The van der Waals surface area contributed by atoms with E-state index >= 15 is 0 Å². The van der Waals surface area contributed by atoms with Crippen molar-refractivity contribution in [3.63, 3.8) is 0 Å². The highest BCUT2D eigenvalue weighted by Gasteiger charge is 2.18. The number of hydrogen-bond acceptors (Lipinski definition) is 5. The van der Waals surface area contributed by atoms with Gasteiger partial charge in [0, 0.05) is 37.2 Å². The van der Waals surface area contributed by atoms with Crippen LogP contribution in [0.4, 0.5) is 16.0 Å². The van der Waals surface area contributed by atoms with Crippen LogP contribution >= 0.6 is 0 Å². The Hall–Kier alpha value is -4.00. The van der Waals surface area contributed by atoms with Gasteiger partial charge in [-0.3, -0.25) is 14.3 Å². The van der Waals surface area contributed by atoms with Gasteiger partial charge < -0.3 is 11.1 Å². The molecule has 0 aliphatic carbocycles. The number of rotatable bonds is 7. The zero-order valence-corrected chi connectivity index (χ0v) is 17.8. The number of nitrogen functional groups attached to an aromatic ring is 1. The van der Waals surface area contributed by atoms with Gasteiger partial charge in [-0.25, -0.2) is 9.37 Å². The molecule has 6 nitrogen and oxygen atoms in total. The Labute approximate surface area is 185 Å². The van der Waals surface area contributed by atoms with Crippen molar-refractivity contribution in [2.45, 2.75) is 12.8 Å². The van der Waals surface area contributed by atoms with Crippen molar-refractivity contribution in [3.05, 3.63) is 94.8 Å². The molecule has 0 radical (unpaired) electrons. The molecular formula is C25H24FN5O. The highest BCUT2D eigenvalue weighted by molar-refractivity contribution is 5.80. The summed E-state index contributed by atoms with van der Waals surface area (Å²) in [5.41, 5.74) is 9.87. The number of aryl methyl sites for hydroxylation is 1. The van der Waals surface area contributed by atoms with E-state index in [-0.39, 0.29) is 11.4 Å². The number of anilines is 2. The summed E-state index contributed by atoms with van der Waals surface area (Å²) in [6, 6.07) is 17.3. The van der Waals surface area contributed by atoms with Crippen LogP contribution in [0.2, 0.25) is 0 Å². The van der Waals surface area contributed by atoms with Crippen molar-refractivity contribution in [2.75, 3.05) is 17.6 Å². The monoisotopic (exact) mass is 429 g/mol. The Morgan fingerprint density at radius 2 is 1.78 bits per heavy atom. The van der Waals surface area contributed by atoms with Crippen molar-refractivity contribution < 1.29 is 4.39 Å². The first-order valence-electron chi connectivity index (χ1n) is 10.4. The van der Waals surface area contributed by atoms with E-state index in [1.807, 2.05) is 24.3 Å². The molecule has 0 aliphatic heterocycles. The molecule has 162 valence electrons. The Kier molecular flexibility index (Phi) is 6.26. The minimum absolute atomic E-state index is 0.211. The smallest absolute Gasteiger partial charge is 0.263 e. The van der Waals surface area contributed by atoms with E-state index in [0.717, 1.165) is 29.7 Å². The van der Waals surface area contributed by atoms with Crippen LogP contribution in [0.15, 0.2) is 77.9 Å². The Morgan fingerprint density at radius 3 is 2.50 bits per heavy atom. The SMILES string of the molecule is Cn1c(NCCCc2cccc(N)c2)nc(-c2ccncc2)c(-c2ccc(F)cc2)c1=O. The average Bonchev–Trinajstić information content (AvgIpc) is 2.80. The first-order chi connectivity index (χ1) is 15.5. The lowest BCUT2D eigenvalue weighted by molar-refractivity contribution is 0.628. The zero-order chi connectivity index (χ0) is 22.5. The van der Waals surface area contributed by atoms with Gasteiger partial charge in [-0.2, -0.15) is 0 Å². The molecule has 0 aliphatic rings. The summed E-state index contributed by atoms with van der Waals surface area (Å²) in [7, 11) is 1.68. The lowest BCUT2D eigenvalue weighted by Gasteiger charge is -2.16. The molecule has 0 saturated heterocycles. The van der Waals surface area contributed by atoms with Gasteiger partial charge in [0.05, 0.1) is 11.3 Å². The maximum atomic E-state index is 13.5. The van der Waals surface area contributed by atoms with Crippen LogP contribution in [0.25, 0.3) is 22.4 Å². The molecule has 0 saturated carbocycles. The van der Waals surface area contributed by atoms with Gasteiger partial charge in [0.15, 0.2) is 0 Å². The highest BCUT2D eigenvalue weighted by atomic mass is 19.1. The van der Waals surface area contributed by atoms with Crippen molar-refractivity contribution in [1.29, 1.82) is 0 Å². The molecule has 0 atom stereocenters. The molecule has 0 unspecified atom stereocenters. The molecule has 4 aromatic rings. The first-order valence-corrected chi connectivity index (χ1v) is 10.4. The molecule has 0 fully saturated rings. The number of aromatic nitrogens is 3. The fourth-order valence-corrected chi connectivity index (χ4v) is 3.60. The van der Waals surface area contributed by atoms with Crippen molar-refractivity contribution in [2.24, 2.45) is 7.05 Å². The van der Waals surface area contributed by atoms with Gasteiger partial charge in [0.1, 0.15) is 5.82 Å². The summed E-state index contributed by atoms with van der Waals surface area (Å²) < 4.78 is 15.0. The molecule has 2 aromatic heterocycles. The number of benzene rings is 2. The Morgan fingerprint density at radius 1 is 1.03 bits per heavy atom. The van der Waals surface area contributed by atoms with E-state index in [1.165, 1.54) is 16.7 Å². The normalized spacial score (nSPS) is 10.8. The van der Waals surface area contributed by atoms with E-state index in [1.54, 1.807) is 43.7 Å². The molecule has 4 rings (SSSR count). The predicted molar refractivity (Wildman–Crippen MR) is 126 cm³/mol. The van der Waals surface area contributed by atoms with Gasteiger partial charge in [0.2, 0.25) is 5.95 Å². The van der Waals surface area contributed by atoms with Gasteiger partial charge >= 0.3 is 0 Å². The van der Waals surface area contributed by atoms with Crippen molar-refractivity contribution in [1.82, 2.24) is 14.5 Å². The summed E-state index contributed by atoms with van der Waals surface area (Å²) in [6.45, 7) is 0.640. The molecule has 0 bridgehead atoms. The Balaban J connectivity index is 1.64. The molecule has 3 N–H and O–H groups in total. The van der Waals surface area contributed by atoms with Crippen molar-refractivity contribution in [3.8, 4) is 22.4 Å². The molecule has 2 heterocycles. The number of nitrogens with two attached hydrogens (primary N) is 1. The third-order valence-corrected chi connectivity index (χ3v) is 5.25. The second kappa shape index (κ2) is 9.43. The number of pyridine rings is 1. The van der Waals surface area contributed by atoms with Gasteiger partial charge in [-0.05, 0) is 60.4 Å². The predicted octanol–water partition coefficient (Wildman–Crippen LogP) is 4.28. The first kappa shape index (κ1) is 21.2. The molecular weight excluding hydrogens is 405 g/mol. The quantitative estimate of drug-likeness (QED) is 0.338. The fourth-order valence-electron chi connectivity index (χ4n) is 3.60. The van der Waals surface area contributed by atoms with E-state index in [4.69, 9.17) is 10.7 Å². The molecule has 2 aromatic carbocycles. The summed E-state index contributed by atoms with van der Waals surface area (Å²) >= 11 is 0. The summed E-state index contributed by atoms with van der Waals surface area (Å²) in [6.07, 6.45) is 5.02. The molecule has 0 spiro atoms. The summed E-state index contributed by atoms with van der Waals surface area (Å²) in [5, 5.41) is 3.28.